The first-order valence-corrected chi connectivity index (χ1v) is 6.19. The van der Waals surface area contributed by atoms with Crippen LogP contribution in [0.1, 0.15) is 48.2 Å². The van der Waals surface area contributed by atoms with Crippen LogP contribution in [-0.4, -0.2) is 12.6 Å². The number of esters is 1. The maximum atomic E-state index is 11.8. The minimum absolute atomic E-state index is 0.250. The second kappa shape index (κ2) is 7.18. The quantitative estimate of drug-likeness (QED) is 0.599. The predicted molar refractivity (Wildman–Crippen MR) is 70.2 cm³/mol. The fraction of sp³-hybridized carbons (Fsp3) is 0.400. The van der Waals surface area contributed by atoms with Gasteiger partial charge in [0, 0.05) is 0 Å². The van der Waals surface area contributed by atoms with E-state index in [0.717, 1.165) is 12.8 Å². The normalized spacial score (nSPS) is 9.74. The van der Waals surface area contributed by atoms with E-state index in [9.17, 15) is 4.79 Å². The number of benzene rings is 1. The molecule has 0 radical (unpaired) electrons. The lowest BCUT2D eigenvalue weighted by Crippen LogP contribution is -2.07. The molecule has 0 bridgehead atoms. The summed E-state index contributed by atoms with van der Waals surface area (Å²) in [6.45, 7) is 4.57. The van der Waals surface area contributed by atoms with Gasteiger partial charge in [-0.05, 0) is 37.0 Å². The molecule has 1 aromatic rings. The van der Waals surface area contributed by atoms with Crippen molar-refractivity contribution < 1.29 is 9.53 Å². The Balaban J connectivity index is 2.67. The topological polar surface area (TPSA) is 73.9 Å². The minimum Gasteiger partial charge on any atom is -0.462 e. The van der Waals surface area contributed by atoms with E-state index >= 15 is 0 Å². The minimum atomic E-state index is -0.489. The predicted octanol–water partition coefficient (Wildman–Crippen LogP) is 3.02. The lowest BCUT2D eigenvalue weighted by Gasteiger charge is -2.07. The van der Waals surface area contributed by atoms with E-state index < -0.39 is 5.97 Å². The third-order valence-corrected chi connectivity index (χ3v) is 2.59. The van der Waals surface area contributed by atoms with E-state index in [4.69, 9.17) is 15.3 Å². The van der Waals surface area contributed by atoms with Crippen molar-refractivity contribution in [1.29, 1.82) is 10.5 Å². The summed E-state index contributed by atoms with van der Waals surface area (Å²) in [6, 6.07) is 8.15. The van der Waals surface area contributed by atoms with Crippen LogP contribution in [0.2, 0.25) is 0 Å². The van der Waals surface area contributed by atoms with Gasteiger partial charge in [0.15, 0.2) is 0 Å². The van der Waals surface area contributed by atoms with Gasteiger partial charge < -0.3 is 4.74 Å². The van der Waals surface area contributed by atoms with E-state index in [1.807, 2.05) is 12.1 Å². The summed E-state index contributed by atoms with van der Waals surface area (Å²) < 4.78 is 5.12. The first-order chi connectivity index (χ1) is 9.06. The van der Waals surface area contributed by atoms with Gasteiger partial charge in [0.25, 0.3) is 0 Å². The molecule has 0 fully saturated rings. The van der Waals surface area contributed by atoms with Crippen LogP contribution in [0.15, 0.2) is 18.2 Å². The summed E-state index contributed by atoms with van der Waals surface area (Å²) in [6.07, 6.45) is 1.81. The fourth-order valence-corrected chi connectivity index (χ4v) is 1.61. The zero-order chi connectivity index (χ0) is 14.3. The zero-order valence-corrected chi connectivity index (χ0v) is 11.1. The van der Waals surface area contributed by atoms with Gasteiger partial charge in [-0.15, -0.1) is 0 Å². The maximum Gasteiger partial charge on any atom is 0.338 e. The Kier molecular flexibility index (Phi) is 5.57. The molecule has 1 rings (SSSR count). The Morgan fingerprint density at radius 3 is 2.26 bits per heavy atom. The van der Waals surface area contributed by atoms with Crippen molar-refractivity contribution in [2.45, 2.75) is 26.7 Å². The molecule has 4 heteroatoms. The molecule has 0 aromatic heterocycles. The van der Waals surface area contributed by atoms with E-state index in [-0.39, 0.29) is 16.7 Å². The Hall–Kier alpha value is -2.33. The standard InChI is InChI=1S/C15H16N2O2/c1-11(2)4-3-5-19-15(18)14-7-12(9-16)6-13(8-14)10-17/h6-8,11H,3-5H2,1-2H3. The average molecular weight is 256 g/mol. The molecule has 0 aliphatic heterocycles. The SMILES string of the molecule is CC(C)CCCOC(=O)c1cc(C#N)cc(C#N)c1. The number of nitrogens with zero attached hydrogens (tertiary/aromatic N) is 2. The van der Waals surface area contributed by atoms with Crippen LogP contribution in [0.25, 0.3) is 0 Å². The van der Waals surface area contributed by atoms with Crippen molar-refractivity contribution >= 4 is 5.97 Å². The van der Waals surface area contributed by atoms with Crippen LogP contribution in [-0.2, 0) is 4.74 Å². The number of ether oxygens (including phenoxy) is 1. The molecule has 0 saturated carbocycles. The lowest BCUT2D eigenvalue weighted by atomic mass is 10.1. The number of carbonyl (C=O) groups excluding carboxylic acids is 1. The highest BCUT2D eigenvalue weighted by Gasteiger charge is 2.10. The van der Waals surface area contributed by atoms with Gasteiger partial charge in [-0.2, -0.15) is 10.5 Å². The smallest absolute Gasteiger partial charge is 0.338 e. The molecule has 0 aliphatic carbocycles. The molecule has 0 heterocycles. The third kappa shape index (κ3) is 4.81. The van der Waals surface area contributed by atoms with Crippen LogP contribution in [0.4, 0.5) is 0 Å². The summed E-state index contributed by atoms with van der Waals surface area (Å²) in [5, 5.41) is 17.7. The van der Waals surface area contributed by atoms with Crippen LogP contribution < -0.4 is 0 Å². The highest BCUT2D eigenvalue weighted by Crippen LogP contribution is 2.11. The number of nitriles is 2. The molecule has 0 spiro atoms. The van der Waals surface area contributed by atoms with Crippen molar-refractivity contribution in [3.63, 3.8) is 0 Å². The zero-order valence-electron chi connectivity index (χ0n) is 11.1. The first kappa shape index (κ1) is 14.7. The second-order valence-electron chi connectivity index (χ2n) is 4.69. The fourth-order valence-electron chi connectivity index (χ4n) is 1.61. The molecule has 0 aliphatic rings. The van der Waals surface area contributed by atoms with Gasteiger partial charge in [0.1, 0.15) is 0 Å². The monoisotopic (exact) mass is 256 g/mol. The Morgan fingerprint density at radius 1 is 1.21 bits per heavy atom. The largest absolute Gasteiger partial charge is 0.462 e. The Labute approximate surface area is 113 Å². The van der Waals surface area contributed by atoms with Gasteiger partial charge in [0.2, 0.25) is 0 Å². The van der Waals surface area contributed by atoms with Gasteiger partial charge >= 0.3 is 5.97 Å². The van der Waals surface area contributed by atoms with Gasteiger partial charge in [0.05, 0.1) is 35.4 Å². The maximum absolute atomic E-state index is 11.8. The van der Waals surface area contributed by atoms with Gasteiger partial charge in [-0.1, -0.05) is 13.8 Å². The van der Waals surface area contributed by atoms with Crippen LogP contribution in [0.5, 0.6) is 0 Å². The molecule has 0 atom stereocenters. The molecular formula is C15H16N2O2. The van der Waals surface area contributed by atoms with Crippen molar-refractivity contribution in [3.05, 3.63) is 34.9 Å². The van der Waals surface area contributed by atoms with Crippen molar-refractivity contribution in [3.8, 4) is 12.1 Å². The third-order valence-electron chi connectivity index (χ3n) is 2.59. The van der Waals surface area contributed by atoms with E-state index in [1.165, 1.54) is 18.2 Å². The van der Waals surface area contributed by atoms with E-state index in [0.29, 0.717) is 12.5 Å². The molecule has 0 amide bonds. The number of carbonyl (C=O) groups is 1. The number of hydrogen-bond acceptors (Lipinski definition) is 4. The van der Waals surface area contributed by atoms with E-state index in [2.05, 4.69) is 13.8 Å². The molecule has 0 N–H and O–H groups in total. The molecule has 0 unspecified atom stereocenters. The van der Waals surface area contributed by atoms with Crippen LogP contribution in [0, 0.1) is 28.6 Å². The summed E-state index contributed by atoms with van der Waals surface area (Å²) in [5.74, 6) is 0.0863. The summed E-state index contributed by atoms with van der Waals surface area (Å²) >= 11 is 0. The van der Waals surface area contributed by atoms with Crippen molar-refractivity contribution in [2.24, 2.45) is 5.92 Å². The average Bonchev–Trinajstić information content (AvgIpc) is 2.42. The summed E-state index contributed by atoms with van der Waals surface area (Å²) in [5.41, 5.74) is 0.821. The second-order valence-corrected chi connectivity index (χ2v) is 4.69. The van der Waals surface area contributed by atoms with E-state index in [1.54, 1.807) is 0 Å². The summed E-state index contributed by atoms with van der Waals surface area (Å²) in [7, 11) is 0. The van der Waals surface area contributed by atoms with Crippen LogP contribution in [0.3, 0.4) is 0 Å². The highest BCUT2D eigenvalue weighted by molar-refractivity contribution is 5.90. The van der Waals surface area contributed by atoms with Crippen LogP contribution >= 0.6 is 0 Å². The first-order valence-electron chi connectivity index (χ1n) is 6.19. The Bertz CT molecular complexity index is 504. The number of hydrogen-bond donors (Lipinski definition) is 0. The molecule has 19 heavy (non-hydrogen) atoms. The van der Waals surface area contributed by atoms with Crippen molar-refractivity contribution in [2.75, 3.05) is 6.61 Å². The summed E-state index contributed by atoms with van der Waals surface area (Å²) in [4.78, 5) is 11.8. The van der Waals surface area contributed by atoms with Crippen molar-refractivity contribution in [1.82, 2.24) is 0 Å². The molecule has 98 valence electrons. The lowest BCUT2D eigenvalue weighted by molar-refractivity contribution is 0.0494. The highest BCUT2D eigenvalue weighted by atomic mass is 16.5. The molecule has 1 aromatic carbocycles. The number of rotatable bonds is 5. The Morgan fingerprint density at radius 2 is 1.79 bits per heavy atom. The molecule has 4 nitrogen and oxygen atoms in total. The van der Waals surface area contributed by atoms with Gasteiger partial charge in [-0.3, -0.25) is 0 Å². The molecular weight excluding hydrogens is 240 g/mol. The van der Waals surface area contributed by atoms with Gasteiger partial charge in [-0.25, -0.2) is 4.79 Å². The molecule has 0 saturated heterocycles.